The summed E-state index contributed by atoms with van der Waals surface area (Å²) in [5.74, 6) is 0. The molecule has 1 fully saturated rings. The zero-order valence-corrected chi connectivity index (χ0v) is 12.4. The third-order valence-corrected chi connectivity index (χ3v) is 3.88. The minimum absolute atomic E-state index is 0.447. The van der Waals surface area contributed by atoms with Gasteiger partial charge >= 0.3 is 0 Å². The first-order chi connectivity index (χ1) is 9.03. The van der Waals surface area contributed by atoms with Crippen molar-refractivity contribution in [1.82, 2.24) is 20.0 Å². The van der Waals surface area contributed by atoms with Gasteiger partial charge in [0.2, 0.25) is 0 Å². The molecule has 4 nitrogen and oxygen atoms in total. The van der Waals surface area contributed by atoms with Crippen LogP contribution in [-0.2, 0) is 12.2 Å². The van der Waals surface area contributed by atoms with Crippen molar-refractivity contribution in [3.63, 3.8) is 0 Å². The fourth-order valence-electron chi connectivity index (χ4n) is 2.54. The third kappa shape index (κ3) is 3.46. The minimum Gasteiger partial charge on any atom is -0.317 e. The summed E-state index contributed by atoms with van der Waals surface area (Å²) in [6.07, 6.45) is 3.35. The average molecular weight is 289 g/mol. The molecule has 1 aliphatic rings. The Labute approximate surface area is 118 Å². The van der Waals surface area contributed by atoms with E-state index >= 15 is 4.39 Å². The summed E-state index contributed by atoms with van der Waals surface area (Å²) in [6, 6.07) is 0. The lowest BCUT2D eigenvalue weighted by molar-refractivity contribution is 0.130. The molecular weight excluding hydrogens is 267 g/mol. The number of hydrogen-bond donors (Lipinski definition) is 1. The van der Waals surface area contributed by atoms with Gasteiger partial charge in [-0.2, -0.15) is 5.10 Å². The van der Waals surface area contributed by atoms with E-state index in [0.29, 0.717) is 36.6 Å². The zero-order valence-electron chi connectivity index (χ0n) is 11.6. The Morgan fingerprint density at radius 2 is 2.26 bits per heavy atom. The second kappa shape index (κ2) is 6.20. The Bertz CT molecular complexity index is 411. The molecule has 0 aromatic carbocycles. The molecule has 2 heterocycles. The number of nitrogens with one attached hydrogen (secondary N) is 1. The maximum Gasteiger partial charge on any atom is 0.155 e. The summed E-state index contributed by atoms with van der Waals surface area (Å²) in [6.45, 7) is 3.04. The molecule has 1 unspecified atom stereocenters. The molecule has 19 heavy (non-hydrogen) atoms. The van der Waals surface area contributed by atoms with Crippen molar-refractivity contribution in [1.29, 1.82) is 0 Å². The SMILES string of the molecule is CN(C)CCn1ncc(Cl)c1C1(F)CCCNCC1. The van der Waals surface area contributed by atoms with Crippen LogP contribution >= 0.6 is 11.6 Å². The van der Waals surface area contributed by atoms with Gasteiger partial charge in [-0.25, -0.2) is 4.39 Å². The standard InChI is InChI=1S/C13H22ClFN4/c1-18(2)8-9-19-12(11(14)10-17-19)13(15)4-3-6-16-7-5-13/h10,16H,3-9H2,1-2H3. The van der Waals surface area contributed by atoms with E-state index in [1.807, 2.05) is 14.1 Å². The van der Waals surface area contributed by atoms with E-state index < -0.39 is 5.67 Å². The van der Waals surface area contributed by atoms with Crippen molar-refractivity contribution < 1.29 is 4.39 Å². The Morgan fingerprint density at radius 3 is 3.00 bits per heavy atom. The molecule has 0 spiro atoms. The van der Waals surface area contributed by atoms with Gasteiger partial charge in [-0.15, -0.1) is 0 Å². The Morgan fingerprint density at radius 1 is 1.47 bits per heavy atom. The third-order valence-electron chi connectivity index (χ3n) is 3.60. The van der Waals surface area contributed by atoms with Crippen LogP contribution in [0.5, 0.6) is 0 Å². The summed E-state index contributed by atoms with van der Waals surface area (Å²) >= 11 is 6.18. The van der Waals surface area contributed by atoms with Gasteiger partial charge in [-0.05, 0) is 46.4 Å². The smallest absolute Gasteiger partial charge is 0.155 e. The van der Waals surface area contributed by atoms with Crippen molar-refractivity contribution in [2.24, 2.45) is 0 Å². The molecule has 1 atom stereocenters. The zero-order chi connectivity index (χ0) is 13.9. The first kappa shape index (κ1) is 14.8. The normalized spacial score (nSPS) is 24.7. The van der Waals surface area contributed by atoms with Crippen LogP contribution in [0, 0.1) is 0 Å². The average Bonchev–Trinajstić information content (AvgIpc) is 2.58. The molecule has 1 aromatic rings. The highest BCUT2D eigenvalue weighted by Gasteiger charge is 2.37. The Balaban J connectivity index is 2.23. The first-order valence-electron chi connectivity index (χ1n) is 6.79. The van der Waals surface area contributed by atoms with Crippen LogP contribution in [0.25, 0.3) is 0 Å². The second-order valence-corrected chi connectivity index (χ2v) is 5.84. The van der Waals surface area contributed by atoms with Crippen LogP contribution in [0.3, 0.4) is 0 Å². The number of nitrogens with zero attached hydrogens (tertiary/aromatic N) is 3. The molecule has 0 amide bonds. The predicted octanol–water partition coefficient (Wildman–Crippen LogP) is 2.04. The van der Waals surface area contributed by atoms with Crippen molar-refractivity contribution in [3.05, 3.63) is 16.9 Å². The lowest BCUT2D eigenvalue weighted by Gasteiger charge is -2.25. The van der Waals surface area contributed by atoms with Crippen LogP contribution in [0.15, 0.2) is 6.20 Å². The van der Waals surface area contributed by atoms with E-state index in [9.17, 15) is 0 Å². The maximum absolute atomic E-state index is 15.2. The van der Waals surface area contributed by atoms with Crippen LogP contribution < -0.4 is 5.32 Å². The quantitative estimate of drug-likeness (QED) is 0.920. The van der Waals surface area contributed by atoms with Gasteiger partial charge in [-0.1, -0.05) is 11.6 Å². The first-order valence-corrected chi connectivity index (χ1v) is 7.17. The number of aromatic nitrogens is 2. The molecule has 2 rings (SSSR count). The van der Waals surface area contributed by atoms with Gasteiger partial charge in [-0.3, -0.25) is 4.68 Å². The molecule has 6 heteroatoms. The lowest BCUT2D eigenvalue weighted by Crippen LogP contribution is -2.28. The van der Waals surface area contributed by atoms with Gasteiger partial charge in [0.05, 0.1) is 23.5 Å². The molecule has 1 aromatic heterocycles. The highest BCUT2D eigenvalue weighted by atomic mass is 35.5. The van der Waals surface area contributed by atoms with E-state index in [1.54, 1.807) is 10.9 Å². The monoisotopic (exact) mass is 288 g/mol. The van der Waals surface area contributed by atoms with Crippen LogP contribution in [0.2, 0.25) is 5.02 Å². The van der Waals surface area contributed by atoms with Gasteiger partial charge in [0, 0.05) is 6.54 Å². The van der Waals surface area contributed by atoms with Crippen LogP contribution in [-0.4, -0.2) is 48.4 Å². The Hall–Kier alpha value is -0.650. The molecule has 0 saturated carbocycles. The van der Waals surface area contributed by atoms with Gasteiger partial charge in [0.25, 0.3) is 0 Å². The molecule has 108 valence electrons. The summed E-state index contributed by atoms with van der Waals surface area (Å²) < 4.78 is 17.0. The van der Waals surface area contributed by atoms with Crippen molar-refractivity contribution in [2.45, 2.75) is 31.5 Å². The number of rotatable bonds is 4. The summed E-state index contributed by atoms with van der Waals surface area (Å²) in [7, 11) is 3.98. The summed E-state index contributed by atoms with van der Waals surface area (Å²) in [5, 5.41) is 7.92. The number of likely N-dealkylation sites (N-methyl/N-ethyl adjacent to an activating group) is 1. The van der Waals surface area contributed by atoms with Crippen LogP contribution in [0.1, 0.15) is 25.0 Å². The predicted molar refractivity (Wildman–Crippen MR) is 75.3 cm³/mol. The van der Waals surface area contributed by atoms with E-state index in [-0.39, 0.29) is 0 Å². The molecule has 0 aliphatic carbocycles. The van der Waals surface area contributed by atoms with E-state index in [4.69, 9.17) is 11.6 Å². The molecule has 1 N–H and O–H groups in total. The Kier molecular flexibility index (Phi) is 4.81. The number of hydrogen-bond acceptors (Lipinski definition) is 3. The van der Waals surface area contributed by atoms with E-state index in [2.05, 4.69) is 15.3 Å². The highest BCUT2D eigenvalue weighted by Crippen LogP contribution is 2.39. The molecule has 1 saturated heterocycles. The molecule has 0 radical (unpaired) electrons. The fraction of sp³-hybridized carbons (Fsp3) is 0.769. The largest absolute Gasteiger partial charge is 0.317 e. The van der Waals surface area contributed by atoms with Crippen molar-refractivity contribution in [2.75, 3.05) is 33.7 Å². The van der Waals surface area contributed by atoms with Crippen molar-refractivity contribution in [3.8, 4) is 0 Å². The minimum atomic E-state index is -1.36. The van der Waals surface area contributed by atoms with Crippen molar-refractivity contribution >= 4 is 11.6 Å². The maximum atomic E-state index is 15.2. The molecule has 0 bridgehead atoms. The topological polar surface area (TPSA) is 33.1 Å². The molecule has 1 aliphatic heterocycles. The van der Waals surface area contributed by atoms with Gasteiger partial charge in [0.15, 0.2) is 5.67 Å². The number of alkyl halides is 1. The van der Waals surface area contributed by atoms with E-state index in [1.165, 1.54) is 0 Å². The highest BCUT2D eigenvalue weighted by molar-refractivity contribution is 6.31. The lowest BCUT2D eigenvalue weighted by atomic mass is 9.93. The van der Waals surface area contributed by atoms with Gasteiger partial charge in [0.1, 0.15) is 0 Å². The van der Waals surface area contributed by atoms with Crippen LogP contribution in [0.4, 0.5) is 4.39 Å². The molecular formula is C13H22ClFN4. The van der Waals surface area contributed by atoms with Gasteiger partial charge < -0.3 is 10.2 Å². The number of halogens is 2. The fourth-order valence-corrected chi connectivity index (χ4v) is 2.85. The van der Waals surface area contributed by atoms with E-state index in [0.717, 1.165) is 19.5 Å². The second-order valence-electron chi connectivity index (χ2n) is 5.44. The summed E-state index contributed by atoms with van der Waals surface area (Å²) in [4.78, 5) is 2.05. The summed E-state index contributed by atoms with van der Waals surface area (Å²) in [5.41, 5.74) is -0.802.